The summed E-state index contributed by atoms with van der Waals surface area (Å²) in [5.74, 6) is -0.00185. The number of hydrogen-bond acceptors (Lipinski definition) is 4. The topological polar surface area (TPSA) is 26.8 Å². The lowest BCUT2D eigenvalue weighted by Gasteiger charge is -2.31. The predicted octanol–water partition coefficient (Wildman–Crippen LogP) is 3.73. The number of hydrogen-bond donors (Lipinski definition) is 0. The van der Waals surface area contributed by atoms with Crippen LogP contribution in [0, 0.1) is 0 Å². The molecule has 2 rings (SSSR count). The van der Waals surface area contributed by atoms with E-state index in [1.165, 1.54) is 0 Å². The number of anilines is 2. The van der Waals surface area contributed by atoms with Gasteiger partial charge in [0.25, 0.3) is 0 Å². The molecule has 0 atom stereocenters. The van der Waals surface area contributed by atoms with E-state index in [4.69, 9.17) is 0 Å². The Balaban J connectivity index is 2.51. The second-order valence-corrected chi connectivity index (χ2v) is 7.20. The summed E-state index contributed by atoms with van der Waals surface area (Å²) in [4.78, 5) is 20.3. The second kappa shape index (κ2) is 7.73. The molecule has 0 unspecified atom stereocenters. The molecule has 1 aliphatic rings. The standard InChI is InChI=1S/C19H25N3OS/c1-7-18-16(9-8-12-20(3)4)22(14(2)23)17-11-10-15(21(5)6)13-19(17)24-18/h7-11,13H,1,12H2,2-6H3/b9-8-. The van der Waals surface area contributed by atoms with Crippen LogP contribution < -0.4 is 9.80 Å². The van der Waals surface area contributed by atoms with Gasteiger partial charge in [-0.15, -0.1) is 0 Å². The maximum absolute atomic E-state index is 12.3. The van der Waals surface area contributed by atoms with E-state index in [1.807, 2.05) is 52.5 Å². The molecule has 1 aromatic carbocycles. The number of carbonyl (C=O) groups is 1. The minimum atomic E-state index is -0.00185. The van der Waals surface area contributed by atoms with E-state index in [9.17, 15) is 4.79 Å². The molecule has 24 heavy (non-hydrogen) atoms. The molecule has 1 amide bonds. The van der Waals surface area contributed by atoms with Crippen LogP contribution in [0.2, 0.25) is 0 Å². The summed E-state index contributed by atoms with van der Waals surface area (Å²) in [6.07, 6.45) is 5.89. The van der Waals surface area contributed by atoms with Crippen LogP contribution in [0.1, 0.15) is 6.92 Å². The minimum Gasteiger partial charge on any atom is -0.378 e. The van der Waals surface area contributed by atoms with Crippen molar-refractivity contribution in [3.05, 3.63) is 53.6 Å². The van der Waals surface area contributed by atoms with Crippen molar-refractivity contribution in [2.75, 3.05) is 44.5 Å². The third-order valence-electron chi connectivity index (χ3n) is 3.66. The van der Waals surface area contributed by atoms with E-state index in [0.717, 1.165) is 33.4 Å². The fourth-order valence-electron chi connectivity index (χ4n) is 2.48. The molecule has 1 aliphatic heterocycles. The van der Waals surface area contributed by atoms with E-state index in [1.54, 1.807) is 23.6 Å². The lowest BCUT2D eigenvalue weighted by molar-refractivity contribution is -0.116. The Labute approximate surface area is 149 Å². The fraction of sp³-hybridized carbons (Fsp3) is 0.316. The molecule has 5 heteroatoms. The molecule has 0 spiro atoms. The first-order chi connectivity index (χ1) is 11.3. The highest BCUT2D eigenvalue weighted by Gasteiger charge is 2.26. The van der Waals surface area contributed by atoms with Crippen molar-refractivity contribution >= 4 is 29.0 Å². The zero-order chi connectivity index (χ0) is 17.9. The van der Waals surface area contributed by atoms with Crippen LogP contribution in [0.15, 0.2) is 58.5 Å². The van der Waals surface area contributed by atoms with Crippen molar-refractivity contribution in [2.45, 2.75) is 11.8 Å². The summed E-state index contributed by atoms with van der Waals surface area (Å²) >= 11 is 1.65. The van der Waals surface area contributed by atoms with Crippen molar-refractivity contribution in [2.24, 2.45) is 0 Å². The Morgan fingerprint density at radius 1 is 1.29 bits per heavy atom. The number of carbonyl (C=O) groups excluding carboxylic acids is 1. The largest absolute Gasteiger partial charge is 0.378 e. The number of fused-ring (bicyclic) bond motifs is 1. The van der Waals surface area contributed by atoms with Crippen molar-refractivity contribution in [1.82, 2.24) is 4.90 Å². The molecule has 0 N–H and O–H groups in total. The van der Waals surface area contributed by atoms with Gasteiger partial charge in [-0.2, -0.15) is 0 Å². The fourth-order valence-corrected chi connectivity index (χ4v) is 3.50. The molecular formula is C19H25N3OS. The molecule has 0 fully saturated rings. The highest BCUT2D eigenvalue weighted by atomic mass is 32.2. The van der Waals surface area contributed by atoms with Gasteiger partial charge in [-0.3, -0.25) is 9.69 Å². The average Bonchev–Trinajstić information content (AvgIpc) is 2.52. The van der Waals surface area contributed by atoms with Crippen LogP contribution in [0.4, 0.5) is 11.4 Å². The molecule has 0 radical (unpaired) electrons. The minimum absolute atomic E-state index is 0.00185. The van der Waals surface area contributed by atoms with E-state index >= 15 is 0 Å². The highest BCUT2D eigenvalue weighted by molar-refractivity contribution is 8.03. The summed E-state index contributed by atoms with van der Waals surface area (Å²) in [5, 5.41) is 0. The maximum Gasteiger partial charge on any atom is 0.228 e. The number of amides is 1. The zero-order valence-corrected chi connectivity index (χ0v) is 15.9. The first-order valence-corrected chi connectivity index (χ1v) is 8.64. The number of rotatable bonds is 5. The van der Waals surface area contributed by atoms with Gasteiger partial charge in [0.05, 0.1) is 11.4 Å². The van der Waals surface area contributed by atoms with Crippen molar-refractivity contribution < 1.29 is 4.79 Å². The summed E-state index contributed by atoms with van der Waals surface area (Å²) in [6.45, 7) is 6.34. The molecule has 0 saturated heterocycles. The quantitative estimate of drug-likeness (QED) is 0.814. The van der Waals surface area contributed by atoms with E-state index < -0.39 is 0 Å². The normalized spacial score (nSPS) is 14.3. The third kappa shape index (κ3) is 3.91. The Hall–Kier alpha value is -1.98. The Morgan fingerprint density at radius 3 is 2.54 bits per heavy atom. The maximum atomic E-state index is 12.3. The number of allylic oxidation sites excluding steroid dienone is 2. The number of benzene rings is 1. The molecule has 1 aromatic rings. The molecule has 4 nitrogen and oxygen atoms in total. The predicted molar refractivity (Wildman–Crippen MR) is 105 cm³/mol. The van der Waals surface area contributed by atoms with Crippen LogP contribution in [-0.2, 0) is 4.79 Å². The van der Waals surface area contributed by atoms with Gasteiger partial charge in [0.15, 0.2) is 0 Å². The van der Waals surface area contributed by atoms with E-state index in [0.29, 0.717) is 0 Å². The van der Waals surface area contributed by atoms with Crippen LogP contribution in [0.25, 0.3) is 0 Å². The van der Waals surface area contributed by atoms with Gasteiger partial charge in [0.1, 0.15) is 0 Å². The summed E-state index contributed by atoms with van der Waals surface area (Å²) < 4.78 is 0. The van der Waals surface area contributed by atoms with Gasteiger partial charge in [-0.05, 0) is 38.4 Å². The van der Waals surface area contributed by atoms with Crippen LogP contribution in [0.3, 0.4) is 0 Å². The third-order valence-corrected chi connectivity index (χ3v) is 4.80. The van der Waals surface area contributed by atoms with Crippen LogP contribution >= 0.6 is 11.8 Å². The van der Waals surface area contributed by atoms with Gasteiger partial charge < -0.3 is 9.80 Å². The molecule has 0 aromatic heterocycles. The Kier molecular flexibility index (Phi) is 5.91. The average molecular weight is 343 g/mol. The molecular weight excluding hydrogens is 318 g/mol. The first kappa shape index (κ1) is 18.4. The lowest BCUT2D eigenvalue weighted by Crippen LogP contribution is -2.30. The van der Waals surface area contributed by atoms with Gasteiger partial charge >= 0.3 is 0 Å². The SMILES string of the molecule is C=CC1=C(/C=C\CN(C)C)N(C(C)=O)c2ccc(N(C)C)cc2S1. The van der Waals surface area contributed by atoms with Crippen LogP contribution in [-0.4, -0.2) is 45.5 Å². The molecule has 1 heterocycles. The van der Waals surface area contributed by atoms with Gasteiger partial charge in [0.2, 0.25) is 5.91 Å². The molecule has 0 saturated carbocycles. The zero-order valence-electron chi connectivity index (χ0n) is 15.0. The van der Waals surface area contributed by atoms with Crippen molar-refractivity contribution in [1.29, 1.82) is 0 Å². The highest BCUT2D eigenvalue weighted by Crippen LogP contribution is 2.45. The van der Waals surface area contributed by atoms with E-state index in [2.05, 4.69) is 28.5 Å². The second-order valence-electron chi connectivity index (χ2n) is 6.12. The number of nitrogens with zero attached hydrogens (tertiary/aromatic N) is 3. The Morgan fingerprint density at radius 2 is 2.00 bits per heavy atom. The summed E-state index contributed by atoms with van der Waals surface area (Å²) in [6, 6.07) is 6.16. The van der Waals surface area contributed by atoms with Crippen molar-refractivity contribution in [3.63, 3.8) is 0 Å². The first-order valence-electron chi connectivity index (χ1n) is 7.83. The Bertz CT molecular complexity index is 705. The monoisotopic (exact) mass is 343 g/mol. The lowest BCUT2D eigenvalue weighted by atomic mass is 10.2. The van der Waals surface area contributed by atoms with Crippen molar-refractivity contribution in [3.8, 4) is 0 Å². The number of likely N-dealkylation sites (N-methyl/N-ethyl adjacent to an activating group) is 1. The van der Waals surface area contributed by atoms with Gasteiger partial charge in [0, 0.05) is 43.1 Å². The number of thioether (sulfide) groups is 1. The smallest absolute Gasteiger partial charge is 0.228 e. The molecule has 128 valence electrons. The summed E-state index contributed by atoms with van der Waals surface area (Å²) in [7, 11) is 8.06. The van der Waals surface area contributed by atoms with Crippen LogP contribution in [0.5, 0.6) is 0 Å². The van der Waals surface area contributed by atoms with Gasteiger partial charge in [-0.25, -0.2) is 0 Å². The van der Waals surface area contributed by atoms with Gasteiger partial charge in [-0.1, -0.05) is 30.5 Å². The molecule has 0 bridgehead atoms. The summed E-state index contributed by atoms with van der Waals surface area (Å²) in [5.41, 5.74) is 2.92. The van der Waals surface area contributed by atoms with E-state index in [-0.39, 0.29) is 5.91 Å². The molecule has 0 aliphatic carbocycles.